The fourth-order valence-electron chi connectivity index (χ4n) is 0.441. The minimum absolute atomic E-state index is 0.592. The first-order valence-corrected chi connectivity index (χ1v) is 7.22. The van der Waals surface area contributed by atoms with Gasteiger partial charge in [-0.05, 0) is 11.7 Å². The molecule has 0 aromatic rings. The van der Waals surface area contributed by atoms with E-state index in [0.29, 0.717) is 11.5 Å². The van der Waals surface area contributed by atoms with Crippen LogP contribution in [0.4, 0.5) is 0 Å². The Labute approximate surface area is 78.6 Å². The standard InChI is InChI=1S/C7H12OS3/c1-3-6-11(8)7-4-5-10-9-2/h3-5H,1,6-7H2,2H3/b5-4+/t11-/m0/s1. The molecule has 0 amide bonds. The minimum Gasteiger partial charge on any atom is -0.259 e. The summed E-state index contributed by atoms with van der Waals surface area (Å²) >= 11 is 0. The zero-order chi connectivity index (χ0) is 8.53. The van der Waals surface area contributed by atoms with Crippen LogP contribution in [0.5, 0.6) is 0 Å². The lowest BCUT2D eigenvalue weighted by atomic mass is 10.8. The molecule has 0 N–H and O–H groups in total. The van der Waals surface area contributed by atoms with Crippen LogP contribution in [0.25, 0.3) is 0 Å². The molecule has 11 heavy (non-hydrogen) atoms. The first kappa shape index (κ1) is 11.3. The van der Waals surface area contributed by atoms with E-state index in [2.05, 4.69) is 6.58 Å². The molecule has 0 aliphatic rings. The molecule has 0 bridgehead atoms. The third-order valence-corrected chi connectivity index (χ3v) is 3.41. The van der Waals surface area contributed by atoms with Crippen LogP contribution in [0.1, 0.15) is 0 Å². The third kappa shape index (κ3) is 8.23. The Morgan fingerprint density at radius 3 is 2.82 bits per heavy atom. The summed E-state index contributed by atoms with van der Waals surface area (Å²) in [4.78, 5) is 0. The van der Waals surface area contributed by atoms with Crippen molar-refractivity contribution in [2.24, 2.45) is 0 Å². The lowest BCUT2D eigenvalue weighted by Crippen LogP contribution is -1.96. The molecule has 0 saturated carbocycles. The quantitative estimate of drug-likeness (QED) is 0.493. The highest BCUT2D eigenvalue weighted by Gasteiger charge is 1.90. The maximum absolute atomic E-state index is 11.0. The van der Waals surface area contributed by atoms with Gasteiger partial charge in [0.2, 0.25) is 0 Å². The van der Waals surface area contributed by atoms with Gasteiger partial charge in [-0.25, -0.2) is 0 Å². The maximum atomic E-state index is 11.0. The van der Waals surface area contributed by atoms with Crippen LogP contribution >= 0.6 is 21.6 Å². The molecule has 0 radical (unpaired) electrons. The van der Waals surface area contributed by atoms with Crippen LogP contribution in [-0.4, -0.2) is 22.0 Å². The van der Waals surface area contributed by atoms with Gasteiger partial charge in [-0.2, -0.15) is 0 Å². The highest BCUT2D eigenvalue weighted by molar-refractivity contribution is 8.77. The lowest BCUT2D eigenvalue weighted by Gasteiger charge is -1.90. The van der Waals surface area contributed by atoms with Crippen LogP contribution in [0.3, 0.4) is 0 Å². The van der Waals surface area contributed by atoms with Gasteiger partial charge in [0.25, 0.3) is 0 Å². The monoisotopic (exact) mass is 208 g/mol. The van der Waals surface area contributed by atoms with Crippen molar-refractivity contribution < 1.29 is 4.21 Å². The van der Waals surface area contributed by atoms with Gasteiger partial charge in [-0.3, -0.25) is 4.21 Å². The second-order valence-electron chi connectivity index (χ2n) is 1.70. The fraction of sp³-hybridized carbons (Fsp3) is 0.429. The summed E-state index contributed by atoms with van der Waals surface area (Å²) in [5, 5.41) is 1.96. The van der Waals surface area contributed by atoms with Crippen LogP contribution in [0.2, 0.25) is 0 Å². The first-order chi connectivity index (χ1) is 5.31. The van der Waals surface area contributed by atoms with Crippen molar-refractivity contribution in [1.29, 1.82) is 0 Å². The highest BCUT2D eigenvalue weighted by atomic mass is 33.1. The molecule has 64 valence electrons. The van der Waals surface area contributed by atoms with Gasteiger partial charge >= 0.3 is 0 Å². The molecule has 0 aliphatic heterocycles. The van der Waals surface area contributed by atoms with Crippen molar-refractivity contribution in [3.8, 4) is 0 Å². The van der Waals surface area contributed by atoms with E-state index in [-0.39, 0.29) is 0 Å². The Morgan fingerprint density at radius 1 is 1.55 bits per heavy atom. The van der Waals surface area contributed by atoms with Gasteiger partial charge in [0.15, 0.2) is 0 Å². The number of rotatable bonds is 6. The van der Waals surface area contributed by atoms with Gasteiger partial charge in [0.1, 0.15) is 0 Å². The summed E-state index contributed by atoms with van der Waals surface area (Å²) < 4.78 is 11.0. The van der Waals surface area contributed by atoms with Crippen molar-refractivity contribution in [3.63, 3.8) is 0 Å². The smallest absolute Gasteiger partial charge is 0.0426 e. The molecule has 0 heterocycles. The Hall–Kier alpha value is 0.330. The largest absolute Gasteiger partial charge is 0.259 e. The number of hydrogen-bond acceptors (Lipinski definition) is 3. The SMILES string of the molecule is C=CC[S@](=O)C/C=C/SSC. The molecule has 0 aromatic carbocycles. The van der Waals surface area contributed by atoms with Crippen molar-refractivity contribution >= 4 is 32.4 Å². The Morgan fingerprint density at radius 2 is 2.27 bits per heavy atom. The van der Waals surface area contributed by atoms with Crippen molar-refractivity contribution in [1.82, 2.24) is 0 Å². The van der Waals surface area contributed by atoms with Crippen LogP contribution in [0, 0.1) is 0 Å². The summed E-state index contributed by atoms with van der Waals surface area (Å²) in [7, 11) is 2.57. The molecular formula is C7H12OS3. The molecule has 0 spiro atoms. The highest BCUT2D eigenvalue weighted by Crippen LogP contribution is 2.17. The van der Waals surface area contributed by atoms with E-state index in [1.54, 1.807) is 27.7 Å². The zero-order valence-electron chi connectivity index (χ0n) is 6.49. The molecule has 1 atom stereocenters. The van der Waals surface area contributed by atoms with E-state index in [1.165, 1.54) is 0 Å². The lowest BCUT2D eigenvalue weighted by molar-refractivity contribution is 0.687. The van der Waals surface area contributed by atoms with Crippen molar-refractivity contribution in [2.75, 3.05) is 17.8 Å². The maximum Gasteiger partial charge on any atom is 0.0426 e. The minimum atomic E-state index is -0.751. The molecule has 0 rings (SSSR count). The van der Waals surface area contributed by atoms with E-state index in [9.17, 15) is 4.21 Å². The Bertz CT molecular complexity index is 154. The molecule has 0 aliphatic carbocycles. The van der Waals surface area contributed by atoms with E-state index in [0.717, 1.165) is 0 Å². The second-order valence-corrected chi connectivity index (χ2v) is 5.62. The predicted octanol–water partition coefficient (Wildman–Crippen LogP) is 2.45. The molecule has 1 nitrogen and oxygen atoms in total. The molecule has 0 fully saturated rings. The average Bonchev–Trinajstić information content (AvgIpc) is 1.99. The summed E-state index contributed by atoms with van der Waals surface area (Å²) in [6.07, 6.45) is 5.63. The predicted molar refractivity (Wildman–Crippen MR) is 58.3 cm³/mol. The molecule has 0 aromatic heterocycles. The summed E-state index contributed by atoms with van der Waals surface area (Å²) in [6.45, 7) is 3.52. The van der Waals surface area contributed by atoms with Crippen LogP contribution < -0.4 is 0 Å². The third-order valence-electron chi connectivity index (χ3n) is 0.834. The Kier molecular flexibility index (Phi) is 8.68. The molecule has 0 saturated heterocycles. The normalized spacial score (nSPS) is 13.5. The van der Waals surface area contributed by atoms with Gasteiger partial charge in [0, 0.05) is 22.3 Å². The Balaban J connectivity index is 3.36. The topological polar surface area (TPSA) is 17.1 Å². The van der Waals surface area contributed by atoms with Crippen molar-refractivity contribution in [2.45, 2.75) is 0 Å². The summed E-state index contributed by atoms with van der Waals surface area (Å²) in [6, 6.07) is 0. The molecular weight excluding hydrogens is 196 g/mol. The van der Waals surface area contributed by atoms with Gasteiger partial charge in [0.05, 0.1) is 0 Å². The van der Waals surface area contributed by atoms with Gasteiger partial charge in [-0.1, -0.05) is 33.7 Å². The molecule has 0 unspecified atom stereocenters. The fourth-order valence-corrected chi connectivity index (χ4v) is 2.13. The van der Waals surface area contributed by atoms with Crippen LogP contribution in [0.15, 0.2) is 24.1 Å². The summed E-state index contributed by atoms with van der Waals surface area (Å²) in [5.74, 6) is 1.23. The van der Waals surface area contributed by atoms with Crippen LogP contribution in [-0.2, 0) is 10.8 Å². The van der Waals surface area contributed by atoms with Gasteiger partial charge < -0.3 is 0 Å². The summed E-state index contributed by atoms with van der Waals surface area (Å²) in [5.41, 5.74) is 0. The van der Waals surface area contributed by atoms with E-state index in [1.807, 2.05) is 17.7 Å². The number of hydrogen-bond donors (Lipinski definition) is 0. The molecule has 4 heteroatoms. The second kappa shape index (κ2) is 8.43. The van der Waals surface area contributed by atoms with Gasteiger partial charge in [-0.15, -0.1) is 6.58 Å². The first-order valence-electron chi connectivity index (χ1n) is 3.11. The van der Waals surface area contributed by atoms with E-state index >= 15 is 0 Å². The zero-order valence-corrected chi connectivity index (χ0v) is 8.94. The average molecular weight is 208 g/mol. The van der Waals surface area contributed by atoms with E-state index < -0.39 is 10.8 Å². The van der Waals surface area contributed by atoms with Crippen molar-refractivity contribution in [3.05, 3.63) is 24.1 Å². The van der Waals surface area contributed by atoms with E-state index in [4.69, 9.17) is 0 Å².